The highest BCUT2D eigenvalue weighted by atomic mass is 16.3. The molecule has 0 saturated heterocycles. The molecule has 1 aromatic carbocycles. The van der Waals surface area contributed by atoms with Crippen LogP contribution in [0.4, 0.5) is 0 Å². The van der Waals surface area contributed by atoms with E-state index in [4.69, 9.17) is 0 Å². The third kappa shape index (κ3) is 3.39. The predicted octanol–water partition coefficient (Wildman–Crippen LogP) is 2.75. The fraction of sp³-hybridized carbons (Fsp3) is 0.450. The lowest BCUT2D eigenvalue weighted by atomic mass is 9.75. The highest BCUT2D eigenvalue weighted by Crippen LogP contribution is 2.32. The second-order valence-corrected chi connectivity index (χ2v) is 7.00. The van der Waals surface area contributed by atoms with Crippen LogP contribution in [0.15, 0.2) is 36.4 Å². The summed E-state index contributed by atoms with van der Waals surface area (Å²) in [6, 6.07) is 12.2. The van der Waals surface area contributed by atoms with Crippen molar-refractivity contribution in [2.45, 2.75) is 45.3 Å². The van der Waals surface area contributed by atoms with Gasteiger partial charge in [0.2, 0.25) is 0 Å². The van der Waals surface area contributed by atoms with Crippen molar-refractivity contribution in [3.8, 4) is 0 Å². The first-order chi connectivity index (χ1) is 11.5. The molecule has 1 fully saturated rings. The first-order valence-electron chi connectivity index (χ1n) is 8.61. The number of aryl methyl sites for hydroxylation is 1. The molecule has 1 aliphatic rings. The average Bonchev–Trinajstić information content (AvgIpc) is 2.80. The van der Waals surface area contributed by atoms with E-state index in [1.807, 2.05) is 49.7 Å². The zero-order valence-electron chi connectivity index (χ0n) is 14.6. The number of carbonyl (C=O) groups excluding carboxylic acids is 1. The number of benzene rings is 1. The molecule has 1 unspecified atom stereocenters. The number of carbonyl (C=O) groups is 1. The Hall–Kier alpha value is -2.07. The Kier molecular flexibility index (Phi) is 4.76. The van der Waals surface area contributed by atoms with Crippen molar-refractivity contribution >= 4 is 5.91 Å². The van der Waals surface area contributed by atoms with Crippen LogP contribution < -0.4 is 5.32 Å². The van der Waals surface area contributed by atoms with E-state index >= 15 is 0 Å². The van der Waals surface area contributed by atoms with E-state index in [1.54, 1.807) is 0 Å². The van der Waals surface area contributed by atoms with Gasteiger partial charge in [-0.25, -0.2) is 0 Å². The van der Waals surface area contributed by atoms with E-state index in [0.29, 0.717) is 5.92 Å². The van der Waals surface area contributed by atoms with Crippen molar-refractivity contribution in [2.75, 3.05) is 0 Å². The number of nitrogens with zero attached hydrogens (tertiary/aromatic N) is 1. The molecule has 1 saturated carbocycles. The van der Waals surface area contributed by atoms with Crippen molar-refractivity contribution in [3.05, 3.63) is 58.9 Å². The molecule has 1 amide bonds. The Balaban J connectivity index is 1.76. The zero-order valence-corrected chi connectivity index (χ0v) is 14.6. The number of nitrogens with one attached hydrogen (secondary N) is 1. The van der Waals surface area contributed by atoms with Crippen LogP contribution in [0, 0.1) is 19.8 Å². The summed E-state index contributed by atoms with van der Waals surface area (Å²) in [4.78, 5) is 12.8. The second-order valence-electron chi connectivity index (χ2n) is 7.00. The largest absolute Gasteiger partial charge is 0.393 e. The lowest BCUT2D eigenvalue weighted by Gasteiger charge is -2.38. The number of rotatable bonds is 5. The Morgan fingerprint density at radius 1 is 1.29 bits per heavy atom. The van der Waals surface area contributed by atoms with Gasteiger partial charge in [-0.2, -0.15) is 0 Å². The van der Waals surface area contributed by atoms with Gasteiger partial charge in [0.25, 0.3) is 5.91 Å². The summed E-state index contributed by atoms with van der Waals surface area (Å²) in [6.45, 7) is 3.98. The van der Waals surface area contributed by atoms with Gasteiger partial charge in [0.1, 0.15) is 0 Å². The number of hydrogen-bond acceptors (Lipinski definition) is 2. The Morgan fingerprint density at radius 2 is 1.96 bits per heavy atom. The monoisotopic (exact) mass is 326 g/mol. The molecule has 1 aliphatic carbocycles. The summed E-state index contributed by atoms with van der Waals surface area (Å²) in [7, 11) is 1.98. The molecule has 128 valence electrons. The molecule has 3 rings (SSSR count). The molecule has 0 radical (unpaired) electrons. The van der Waals surface area contributed by atoms with Gasteiger partial charge in [0.05, 0.1) is 11.7 Å². The van der Waals surface area contributed by atoms with Crippen LogP contribution in [0.2, 0.25) is 0 Å². The van der Waals surface area contributed by atoms with Crippen LogP contribution in [-0.2, 0) is 13.5 Å². The highest BCUT2D eigenvalue weighted by molar-refractivity contribution is 5.95. The van der Waals surface area contributed by atoms with Crippen molar-refractivity contribution in [1.82, 2.24) is 9.88 Å². The predicted molar refractivity (Wildman–Crippen MR) is 95.0 cm³/mol. The van der Waals surface area contributed by atoms with Gasteiger partial charge in [-0.05, 0) is 50.7 Å². The first kappa shape index (κ1) is 16.8. The normalized spacial score (nSPS) is 21.2. The molecular weight excluding hydrogens is 300 g/mol. The number of aliphatic hydroxyl groups excluding tert-OH is 1. The number of amides is 1. The highest BCUT2D eigenvalue weighted by Gasteiger charge is 2.35. The van der Waals surface area contributed by atoms with Gasteiger partial charge in [-0.3, -0.25) is 4.79 Å². The van der Waals surface area contributed by atoms with Gasteiger partial charge in [-0.1, -0.05) is 30.3 Å². The Morgan fingerprint density at radius 3 is 2.50 bits per heavy atom. The van der Waals surface area contributed by atoms with Gasteiger partial charge < -0.3 is 15.0 Å². The van der Waals surface area contributed by atoms with Crippen LogP contribution in [0.25, 0.3) is 0 Å². The van der Waals surface area contributed by atoms with Crippen molar-refractivity contribution in [2.24, 2.45) is 13.0 Å². The molecule has 2 N–H and O–H groups in total. The van der Waals surface area contributed by atoms with E-state index in [9.17, 15) is 9.90 Å². The van der Waals surface area contributed by atoms with Crippen LogP contribution in [0.3, 0.4) is 0 Å². The van der Waals surface area contributed by atoms with E-state index in [-0.39, 0.29) is 18.1 Å². The summed E-state index contributed by atoms with van der Waals surface area (Å²) in [6.07, 6.45) is 2.12. The maximum atomic E-state index is 12.8. The molecule has 1 atom stereocenters. The molecule has 1 aromatic heterocycles. The van der Waals surface area contributed by atoms with Crippen LogP contribution >= 0.6 is 0 Å². The second kappa shape index (κ2) is 6.81. The molecule has 24 heavy (non-hydrogen) atoms. The summed E-state index contributed by atoms with van der Waals surface area (Å²) in [5.41, 5.74) is 4.02. The molecule has 1 heterocycles. The third-order valence-corrected chi connectivity index (χ3v) is 5.35. The quantitative estimate of drug-likeness (QED) is 0.888. The molecule has 2 aromatic rings. The number of aliphatic hydroxyl groups is 1. The Labute approximate surface area is 143 Å². The van der Waals surface area contributed by atoms with E-state index in [0.717, 1.165) is 36.2 Å². The number of aromatic nitrogens is 1. The topological polar surface area (TPSA) is 54.3 Å². The third-order valence-electron chi connectivity index (χ3n) is 5.35. The minimum atomic E-state index is -0.217. The Bertz CT molecular complexity index is 715. The first-order valence-corrected chi connectivity index (χ1v) is 8.61. The van der Waals surface area contributed by atoms with Gasteiger partial charge in [0.15, 0.2) is 0 Å². The van der Waals surface area contributed by atoms with Gasteiger partial charge in [0, 0.05) is 24.5 Å². The van der Waals surface area contributed by atoms with Crippen molar-refractivity contribution in [1.29, 1.82) is 0 Å². The van der Waals surface area contributed by atoms with E-state index in [1.165, 1.54) is 5.56 Å². The molecule has 0 bridgehead atoms. The fourth-order valence-corrected chi connectivity index (χ4v) is 3.49. The van der Waals surface area contributed by atoms with Crippen LogP contribution in [0.1, 0.15) is 40.2 Å². The summed E-state index contributed by atoms with van der Waals surface area (Å²) >= 11 is 0. The molecule has 0 spiro atoms. The van der Waals surface area contributed by atoms with Crippen molar-refractivity contribution < 1.29 is 9.90 Å². The van der Waals surface area contributed by atoms with Gasteiger partial charge >= 0.3 is 0 Å². The van der Waals surface area contributed by atoms with Crippen LogP contribution in [-0.4, -0.2) is 27.7 Å². The van der Waals surface area contributed by atoms with Crippen LogP contribution in [0.5, 0.6) is 0 Å². The lowest BCUT2D eigenvalue weighted by Crippen LogP contribution is -2.48. The lowest BCUT2D eigenvalue weighted by molar-refractivity contribution is 0.0239. The summed E-state index contributed by atoms with van der Waals surface area (Å²) in [5.74, 6) is 0.327. The van der Waals surface area contributed by atoms with E-state index in [2.05, 4.69) is 17.4 Å². The van der Waals surface area contributed by atoms with Gasteiger partial charge in [-0.15, -0.1) is 0 Å². The SMILES string of the molecule is Cc1cc(C(=O)NC(Cc2ccccc2)C2CC(O)C2)c(C)n1C. The molecule has 4 nitrogen and oxygen atoms in total. The maximum Gasteiger partial charge on any atom is 0.253 e. The molecule has 0 aliphatic heterocycles. The maximum absolute atomic E-state index is 12.8. The standard InChI is InChI=1S/C20H26N2O2/c1-13-9-18(14(2)22(13)3)20(24)21-19(16-11-17(23)12-16)10-15-7-5-4-6-8-15/h4-9,16-17,19,23H,10-12H2,1-3H3,(H,21,24). The average molecular weight is 326 g/mol. The minimum absolute atomic E-state index is 0.0153. The molecular formula is C20H26N2O2. The fourth-order valence-electron chi connectivity index (χ4n) is 3.49. The smallest absolute Gasteiger partial charge is 0.253 e. The minimum Gasteiger partial charge on any atom is -0.393 e. The van der Waals surface area contributed by atoms with Crippen molar-refractivity contribution in [3.63, 3.8) is 0 Å². The zero-order chi connectivity index (χ0) is 17.3. The summed E-state index contributed by atoms with van der Waals surface area (Å²) in [5, 5.41) is 12.9. The number of hydrogen-bond donors (Lipinski definition) is 2. The molecule has 4 heteroatoms. The van der Waals surface area contributed by atoms with E-state index < -0.39 is 0 Å². The summed E-state index contributed by atoms with van der Waals surface area (Å²) < 4.78 is 2.04.